The van der Waals surface area contributed by atoms with Crippen molar-refractivity contribution < 1.29 is 18.7 Å². The van der Waals surface area contributed by atoms with Gasteiger partial charge in [-0.3, -0.25) is 14.7 Å². The zero-order chi connectivity index (χ0) is 35.5. The molecule has 2 aromatic heterocycles. The third-order valence-electron chi connectivity index (χ3n) is 11.1. The van der Waals surface area contributed by atoms with Crippen molar-refractivity contribution in [1.82, 2.24) is 29.7 Å². The van der Waals surface area contributed by atoms with E-state index in [1.165, 1.54) is 25.6 Å². The second kappa shape index (κ2) is 15.4. The number of likely N-dealkylation sites (N-methyl/N-ethyl adjacent to an activating group) is 1. The minimum absolute atomic E-state index is 0.0109. The first-order valence-corrected chi connectivity index (χ1v) is 18.5. The van der Waals surface area contributed by atoms with Gasteiger partial charge in [0.2, 0.25) is 5.91 Å². The van der Waals surface area contributed by atoms with Gasteiger partial charge in [0.1, 0.15) is 23.6 Å². The van der Waals surface area contributed by atoms with Crippen molar-refractivity contribution >= 4 is 45.0 Å². The van der Waals surface area contributed by atoms with Crippen molar-refractivity contribution in [2.24, 2.45) is 0 Å². The molecule has 1 amide bonds. The van der Waals surface area contributed by atoms with Crippen molar-refractivity contribution in [3.05, 3.63) is 66.1 Å². The van der Waals surface area contributed by atoms with Crippen LogP contribution in [0.4, 0.5) is 10.2 Å². The zero-order valence-electron chi connectivity index (χ0n) is 29.6. The quantitative estimate of drug-likeness (QED) is 0.178. The Morgan fingerprint density at radius 3 is 2.57 bits per heavy atom. The molecule has 2 aromatic carbocycles. The van der Waals surface area contributed by atoms with Gasteiger partial charge in [0.05, 0.1) is 17.5 Å². The number of halogens is 2. The molecule has 4 fully saturated rings. The number of hydrogen-bond donors (Lipinski definition) is 0. The Bertz CT molecular complexity index is 1890. The number of amides is 1. The molecule has 0 spiro atoms. The van der Waals surface area contributed by atoms with Gasteiger partial charge in [-0.25, -0.2) is 4.39 Å². The molecule has 0 bridgehead atoms. The van der Waals surface area contributed by atoms with Crippen molar-refractivity contribution in [1.29, 1.82) is 0 Å². The van der Waals surface area contributed by atoms with E-state index in [1.54, 1.807) is 24.3 Å². The van der Waals surface area contributed by atoms with Crippen LogP contribution in [0.2, 0.25) is 5.02 Å². The Hall–Kier alpha value is -3.90. The molecule has 51 heavy (non-hydrogen) atoms. The van der Waals surface area contributed by atoms with E-state index in [0.29, 0.717) is 41.5 Å². The van der Waals surface area contributed by atoms with E-state index in [2.05, 4.69) is 26.3 Å². The Morgan fingerprint density at radius 1 is 1.10 bits per heavy atom. The maximum absolute atomic E-state index is 16.6. The highest BCUT2D eigenvalue weighted by Gasteiger charge is 2.45. The maximum Gasteiger partial charge on any atom is 0.319 e. The van der Waals surface area contributed by atoms with E-state index in [9.17, 15) is 4.79 Å². The molecule has 4 saturated heterocycles. The summed E-state index contributed by atoms with van der Waals surface area (Å²) in [4.78, 5) is 35.1. The molecule has 1 unspecified atom stereocenters. The van der Waals surface area contributed by atoms with Gasteiger partial charge in [-0.05, 0) is 82.2 Å². The molecule has 4 aliphatic rings. The minimum Gasteiger partial charge on any atom is -0.461 e. The third kappa shape index (κ3) is 7.13. The topological polar surface area (TPSA) is 87.2 Å². The van der Waals surface area contributed by atoms with Gasteiger partial charge in [0, 0.05) is 62.0 Å². The lowest BCUT2D eigenvalue weighted by Crippen LogP contribution is -2.43. The lowest BCUT2D eigenvalue weighted by atomic mass is 9.95. The van der Waals surface area contributed by atoms with Crippen LogP contribution in [-0.2, 0) is 9.53 Å². The number of benzene rings is 2. The zero-order valence-corrected chi connectivity index (χ0v) is 30.4. The van der Waals surface area contributed by atoms with Crippen LogP contribution < -0.4 is 9.64 Å². The Balaban J connectivity index is 0.000000450. The fourth-order valence-corrected chi connectivity index (χ4v) is 8.36. The predicted octanol–water partition coefficient (Wildman–Crippen LogP) is 6.21. The SMILES string of the molecule is C=CC(=O)N1CCC(N(C)c2nc(OCC34CCCN3CCC4)nc3c(F)c(-c4cccc5cccc(Cl)c45)ncc23)C1.COCCN1CCC1. The number of likely N-dealkylation sites (tertiary alicyclic amines) is 2. The smallest absolute Gasteiger partial charge is 0.319 e. The largest absolute Gasteiger partial charge is 0.461 e. The highest BCUT2D eigenvalue weighted by molar-refractivity contribution is 6.36. The van der Waals surface area contributed by atoms with Crippen molar-refractivity contribution in [3.8, 4) is 17.3 Å². The van der Waals surface area contributed by atoms with Crippen LogP contribution in [0.15, 0.2) is 55.3 Å². The first-order chi connectivity index (χ1) is 24.8. The molecule has 0 radical (unpaired) electrons. The molecule has 270 valence electrons. The summed E-state index contributed by atoms with van der Waals surface area (Å²) in [5.41, 5.74) is 0.900. The summed E-state index contributed by atoms with van der Waals surface area (Å²) in [7, 11) is 3.67. The lowest BCUT2D eigenvalue weighted by Gasteiger charge is -2.31. The number of ether oxygens (including phenoxy) is 2. The molecular weight excluding hydrogens is 669 g/mol. The number of rotatable bonds is 10. The molecule has 1 atom stereocenters. The van der Waals surface area contributed by atoms with Crippen molar-refractivity contribution in [3.63, 3.8) is 0 Å². The molecule has 0 N–H and O–H groups in total. The van der Waals surface area contributed by atoms with Crippen LogP contribution in [-0.4, -0.2) is 120 Å². The Labute approximate surface area is 304 Å². The summed E-state index contributed by atoms with van der Waals surface area (Å²) in [6.45, 7) is 11.9. The number of fused-ring (bicyclic) bond motifs is 3. The van der Waals surface area contributed by atoms with Crippen LogP contribution in [0, 0.1) is 5.82 Å². The molecule has 12 heteroatoms. The number of methoxy groups -OCH3 is 1. The van der Waals surface area contributed by atoms with Crippen molar-refractivity contribution in [2.75, 3.05) is 78.1 Å². The van der Waals surface area contributed by atoms with Gasteiger partial charge in [-0.15, -0.1) is 0 Å². The normalized spacial score (nSPS) is 19.8. The molecule has 10 nitrogen and oxygen atoms in total. The number of nitrogens with zero attached hydrogens (tertiary/aromatic N) is 7. The monoisotopic (exact) mass is 715 g/mol. The van der Waals surface area contributed by atoms with Crippen LogP contribution in [0.1, 0.15) is 38.5 Å². The van der Waals surface area contributed by atoms with Crippen LogP contribution in [0.5, 0.6) is 6.01 Å². The first kappa shape index (κ1) is 35.5. The molecule has 6 heterocycles. The van der Waals surface area contributed by atoms with E-state index in [1.807, 2.05) is 42.3 Å². The summed E-state index contributed by atoms with van der Waals surface area (Å²) < 4.78 is 27.9. The maximum atomic E-state index is 16.6. The fourth-order valence-electron chi connectivity index (χ4n) is 8.08. The van der Waals surface area contributed by atoms with Gasteiger partial charge in [0.25, 0.3) is 0 Å². The standard InChI is InChI=1S/C33H34ClFN6O2.C6H13NO/c1-3-26(42)40-17-12-22(19-40)39(2)31-24-18-36-29(23-10-4-8-21-9-5-11-25(34)27(21)23)28(35)30(24)37-32(38-31)43-20-33-13-6-15-41(33)16-7-14-33;1-8-6-5-7-3-2-4-7/h3-5,8-11,18,22H,1,6-7,12-17,19-20H2,2H3;2-6H2,1H3. The molecule has 4 aromatic rings. The number of hydrogen-bond acceptors (Lipinski definition) is 9. The highest BCUT2D eigenvalue weighted by atomic mass is 35.5. The van der Waals surface area contributed by atoms with Gasteiger partial charge in [-0.1, -0.05) is 48.5 Å². The third-order valence-corrected chi connectivity index (χ3v) is 11.4. The molecule has 4 aliphatic heterocycles. The summed E-state index contributed by atoms with van der Waals surface area (Å²) in [5.74, 6) is -0.127. The first-order valence-electron chi connectivity index (χ1n) is 18.1. The van der Waals surface area contributed by atoms with E-state index in [4.69, 9.17) is 26.1 Å². The predicted molar refractivity (Wildman–Crippen MR) is 200 cm³/mol. The molecule has 0 aliphatic carbocycles. The number of carbonyl (C=O) groups excluding carboxylic acids is 1. The second-order valence-corrected chi connectivity index (χ2v) is 14.5. The summed E-state index contributed by atoms with van der Waals surface area (Å²) >= 11 is 6.60. The Morgan fingerprint density at radius 2 is 1.86 bits per heavy atom. The average molecular weight is 716 g/mol. The number of aromatic nitrogens is 3. The number of pyridine rings is 1. The number of carbonyl (C=O) groups is 1. The van der Waals surface area contributed by atoms with E-state index < -0.39 is 5.82 Å². The van der Waals surface area contributed by atoms with Gasteiger partial charge >= 0.3 is 6.01 Å². The lowest BCUT2D eigenvalue weighted by molar-refractivity contribution is -0.125. The van der Waals surface area contributed by atoms with E-state index in [0.717, 1.165) is 69.1 Å². The second-order valence-electron chi connectivity index (χ2n) is 14.1. The van der Waals surface area contributed by atoms with Gasteiger partial charge in [-0.2, -0.15) is 9.97 Å². The van der Waals surface area contributed by atoms with Crippen molar-refractivity contribution in [2.45, 2.75) is 50.1 Å². The van der Waals surface area contributed by atoms with Crippen LogP contribution >= 0.6 is 11.6 Å². The van der Waals surface area contributed by atoms with Gasteiger partial charge < -0.3 is 24.2 Å². The summed E-state index contributed by atoms with van der Waals surface area (Å²) in [6, 6.07) is 11.4. The number of anilines is 1. The fraction of sp³-hybridized carbons (Fsp3) is 0.487. The molecule has 0 saturated carbocycles. The van der Waals surface area contributed by atoms with Crippen LogP contribution in [0.3, 0.4) is 0 Å². The summed E-state index contributed by atoms with van der Waals surface area (Å²) in [6.07, 6.45) is 9.55. The van der Waals surface area contributed by atoms with E-state index in [-0.39, 0.29) is 34.7 Å². The van der Waals surface area contributed by atoms with E-state index >= 15 is 4.39 Å². The van der Waals surface area contributed by atoms with Crippen LogP contribution in [0.25, 0.3) is 32.9 Å². The Kier molecular flexibility index (Phi) is 10.7. The summed E-state index contributed by atoms with van der Waals surface area (Å²) in [5, 5.41) is 2.64. The molecule has 8 rings (SSSR count). The van der Waals surface area contributed by atoms with Gasteiger partial charge in [0.15, 0.2) is 5.82 Å². The minimum atomic E-state index is -0.553. The highest BCUT2D eigenvalue weighted by Crippen LogP contribution is 2.40. The average Bonchev–Trinajstić information content (AvgIpc) is 3.87. The molecular formula is C39H47ClFN7O3.